The van der Waals surface area contributed by atoms with Crippen LogP contribution in [0.4, 0.5) is 11.6 Å². The fourth-order valence-corrected chi connectivity index (χ4v) is 3.07. The van der Waals surface area contributed by atoms with Crippen LogP contribution < -0.4 is 14.8 Å². The first kappa shape index (κ1) is 20.5. The van der Waals surface area contributed by atoms with Gasteiger partial charge in [0.1, 0.15) is 29.5 Å². The maximum absolute atomic E-state index is 5.94. The molecular weight excluding hydrogens is 390 g/mol. The summed E-state index contributed by atoms with van der Waals surface area (Å²) in [6.07, 6.45) is 7.11. The number of pyridine rings is 2. The van der Waals surface area contributed by atoms with Crippen molar-refractivity contribution in [2.24, 2.45) is 5.92 Å². The van der Waals surface area contributed by atoms with E-state index in [1.807, 2.05) is 42.5 Å². The smallest absolute Gasteiger partial charge is 0.219 e. The zero-order valence-electron chi connectivity index (χ0n) is 17.7. The number of rotatable bonds is 9. The second-order valence-electron chi connectivity index (χ2n) is 7.56. The van der Waals surface area contributed by atoms with E-state index in [1.165, 1.54) is 6.33 Å². The van der Waals surface area contributed by atoms with Crippen molar-refractivity contribution in [2.45, 2.75) is 26.7 Å². The Hall–Kier alpha value is -3.74. The van der Waals surface area contributed by atoms with Gasteiger partial charge in [-0.15, -0.1) is 0 Å². The average Bonchev–Trinajstić information content (AvgIpc) is 2.79. The number of benzene rings is 1. The quantitative estimate of drug-likeness (QED) is 0.347. The van der Waals surface area contributed by atoms with E-state index in [4.69, 9.17) is 9.47 Å². The molecule has 158 valence electrons. The summed E-state index contributed by atoms with van der Waals surface area (Å²) in [4.78, 5) is 17.3. The first-order chi connectivity index (χ1) is 15.2. The highest BCUT2D eigenvalue weighted by Gasteiger charge is 2.08. The molecule has 0 spiro atoms. The number of hydrogen-bond donors (Lipinski definition) is 1. The normalized spacial score (nSPS) is 10.9. The fraction of sp³-hybridized carbons (Fsp3) is 0.250. The molecule has 1 N–H and O–H groups in total. The summed E-state index contributed by atoms with van der Waals surface area (Å²) < 4.78 is 11.7. The molecule has 0 atom stereocenters. The minimum atomic E-state index is 0.491. The van der Waals surface area contributed by atoms with E-state index in [9.17, 15) is 0 Å². The number of aromatic nitrogens is 4. The molecule has 0 amide bonds. The largest absolute Gasteiger partial charge is 0.492 e. The van der Waals surface area contributed by atoms with Gasteiger partial charge in [-0.25, -0.2) is 19.9 Å². The Morgan fingerprint density at radius 3 is 2.61 bits per heavy atom. The van der Waals surface area contributed by atoms with Gasteiger partial charge in [0.05, 0.1) is 18.3 Å². The minimum Gasteiger partial charge on any atom is -0.492 e. The van der Waals surface area contributed by atoms with Gasteiger partial charge in [0.25, 0.3) is 0 Å². The van der Waals surface area contributed by atoms with E-state index in [2.05, 4.69) is 39.1 Å². The second-order valence-corrected chi connectivity index (χ2v) is 7.56. The summed E-state index contributed by atoms with van der Waals surface area (Å²) in [6.45, 7) is 5.12. The molecule has 0 saturated heterocycles. The molecule has 4 rings (SSSR count). The Kier molecular flexibility index (Phi) is 6.52. The van der Waals surface area contributed by atoms with Gasteiger partial charge in [0, 0.05) is 17.6 Å². The summed E-state index contributed by atoms with van der Waals surface area (Å²) in [5, 5.41) is 4.06. The van der Waals surface area contributed by atoms with E-state index in [1.54, 1.807) is 18.5 Å². The molecule has 3 heterocycles. The molecule has 7 heteroatoms. The number of hydrogen-bond acceptors (Lipinski definition) is 7. The van der Waals surface area contributed by atoms with Crippen LogP contribution in [0.2, 0.25) is 0 Å². The zero-order valence-corrected chi connectivity index (χ0v) is 17.7. The lowest BCUT2D eigenvalue weighted by Crippen LogP contribution is -2.00. The van der Waals surface area contributed by atoms with E-state index >= 15 is 0 Å². The molecule has 4 aromatic rings. The fourth-order valence-electron chi connectivity index (χ4n) is 3.07. The second kappa shape index (κ2) is 9.84. The number of anilines is 2. The number of fused-ring (bicyclic) bond motifs is 1. The van der Waals surface area contributed by atoms with E-state index in [-0.39, 0.29) is 0 Å². The summed E-state index contributed by atoms with van der Waals surface area (Å²) >= 11 is 0. The van der Waals surface area contributed by atoms with Gasteiger partial charge < -0.3 is 14.8 Å². The summed E-state index contributed by atoms with van der Waals surface area (Å²) in [5.41, 5.74) is 0.805. The molecule has 31 heavy (non-hydrogen) atoms. The highest BCUT2D eigenvalue weighted by Crippen LogP contribution is 2.28. The van der Waals surface area contributed by atoms with Gasteiger partial charge in [-0.3, -0.25) is 0 Å². The third-order valence-corrected chi connectivity index (χ3v) is 4.64. The van der Waals surface area contributed by atoms with Crippen molar-refractivity contribution in [3.63, 3.8) is 0 Å². The first-order valence-corrected chi connectivity index (χ1v) is 10.4. The molecule has 0 saturated carbocycles. The predicted molar refractivity (Wildman–Crippen MR) is 121 cm³/mol. The van der Waals surface area contributed by atoms with Crippen molar-refractivity contribution < 1.29 is 9.47 Å². The molecule has 0 aliphatic rings. The highest BCUT2D eigenvalue weighted by molar-refractivity contribution is 5.91. The van der Waals surface area contributed by atoms with Crippen molar-refractivity contribution in [3.8, 4) is 17.4 Å². The Morgan fingerprint density at radius 2 is 1.84 bits per heavy atom. The molecule has 0 radical (unpaired) electrons. The number of nitrogens with one attached hydrogen (secondary N) is 1. The van der Waals surface area contributed by atoms with Crippen LogP contribution in [-0.2, 0) is 0 Å². The van der Waals surface area contributed by atoms with Crippen molar-refractivity contribution >= 4 is 22.5 Å². The topological polar surface area (TPSA) is 82.0 Å². The molecule has 0 bridgehead atoms. The highest BCUT2D eigenvalue weighted by atomic mass is 16.5. The van der Waals surface area contributed by atoms with Crippen molar-refractivity contribution in [1.82, 2.24) is 19.9 Å². The van der Waals surface area contributed by atoms with Crippen LogP contribution in [0, 0.1) is 5.92 Å². The van der Waals surface area contributed by atoms with Gasteiger partial charge in [-0.1, -0.05) is 19.9 Å². The first-order valence-electron chi connectivity index (χ1n) is 10.4. The summed E-state index contributed by atoms with van der Waals surface area (Å²) in [5.74, 6) is 3.93. The maximum atomic E-state index is 5.94. The molecule has 1 aromatic carbocycles. The summed E-state index contributed by atoms with van der Waals surface area (Å²) in [7, 11) is 0. The third-order valence-electron chi connectivity index (χ3n) is 4.64. The lowest BCUT2D eigenvalue weighted by atomic mass is 10.1. The van der Waals surface area contributed by atoms with Gasteiger partial charge in [0.15, 0.2) is 0 Å². The SMILES string of the molecule is CC(C)CCCOc1ccc(Oc2ccc3ncnc(Nc4ccccn4)c3c2)nc1. The Labute approximate surface area is 181 Å². The molecule has 0 fully saturated rings. The van der Waals surface area contributed by atoms with E-state index in [0.29, 0.717) is 35.8 Å². The number of nitrogens with zero attached hydrogens (tertiary/aromatic N) is 4. The van der Waals surface area contributed by atoms with Crippen LogP contribution in [0.15, 0.2) is 67.3 Å². The van der Waals surface area contributed by atoms with Crippen molar-refractivity contribution in [3.05, 3.63) is 67.3 Å². The Bertz CT molecular complexity index is 1120. The lowest BCUT2D eigenvalue weighted by molar-refractivity contribution is 0.296. The van der Waals surface area contributed by atoms with Crippen LogP contribution in [0.25, 0.3) is 10.9 Å². The molecule has 0 unspecified atom stereocenters. The molecule has 0 aliphatic carbocycles. The van der Waals surface area contributed by atoms with Crippen LogP contribution in [0.1, 0.15) is 26.7 Å². The molecule has 7 nitrogen and oxygen atoms in total. The van der Waals surface area contributed by atoms with Gasteiger partial charge >= 0.3 is 0 Å². The van der Waals surface area contributed by atoms with E-state index < -0.39 is 0 Å². The van der Waals surface area contributed by atoms with Crippen LogP contribution in [-0.4, -0.2) is 26.5 Å². The minimum absolute atomic E-state index is 0.491. The van der Waals surface area contributed by atoms with Crippen molar-refractivity contribution in [1.29, 1.82) is 0 Å². The average molecular weight is 415 g/mol. The summed E-state index contributed by atoms with van der Waals surface area (Å²) in [6, 6.07) is 15.0. The Balaban J connectivity index is 1.45. The van der Waals surface area contributed by atoms with E-state index in [0.717, 1.165) is 29.5 Å². The van der Waals surface area contributed by atoms with Crippen LogP contribution >= 0.6 is 0 Å². The Morgan fingerprint density at radius 1 is 0.935 bits per heavy atom. The van der Waals surface area contributed by atoms with Crippen LogP contribution in [0.5, 0.6) is 17.4 Å². The van der Waals surface area contributed by atoms with Gasteiger partial charge in [-0.05, 0) is 55.2 Å². The third kappa shape index (κ3) is 5.66. The van der Waals surface area contributed by atoms with Crippen molar-refractivity contribution in [2.75, 3.05) is 11.9 Å². The molecule has 0 aliphatic heterocycles. The molecular formula is C24H25N5O2. The predicted octanol–water partition coefficient (Wildman–Crippen LogP) is 5.77. The van der Waals surface area contributed by atoms with Gasteiger partial charge in [-0.2, -0.15) is 0 Å². The lowest BCUT2D eigenvalue weighted by Gasteiger charge is -2.10. The zero-order chi connectivity index (χ0) is 21.5. The van der Waals surface area contributed by atoms with Gasteiger partial charge in [0.2, 0.25) is 5.88 Å². The molecule has 3 aromatic heterocycles. The monoisotopic (exact) mass is 415 g/mol. The standard InChI is InChI=1S/C24H25N5O2/c1-17(2)6-5-13-30-19-9-11-23(26-15-19)31-18-8-10-21-20(14-18)24(28-16-27-21)29-22-7-3-4-12-25-22/h3-4,7-12,14-17H,5-6,13H2,1-2H3,(H,25,27,28,29). The maximum Gasteiger partial charge on any atom is 0.219 e. The van der Waals surface area contributed by atoms with Crippen LogP contribution in [0.3, 0.4) is 0 Å². The number of ether oxygens (including phenoxy) is 2.